The first-order chi connectivity index (χ1) is 10.6. The van der Waals surface area contributed by atoms with Crippen LogP contribution in [-0.4, -0.2) is 32.2 Å². The molecule has 1 aromatic heterocycles. The number of anilines is 1. The van der Waals surface area contributed by atoms with E-state index in [4.69, 9.17) is 17.3 Å². The van der Waals surface area contributed by atoms with Crippen molar-refractivity contribution in [2.75, 3.05) is 5.73 Å². The van der Waals surface area contributed by atoms with Gasteiger partial charge in [-0.05, 0) is 28.1 Å². The molecule has 1 aromatic carbocycles. The van der Waals surface area contributed by atoms with Gasteiger partial charge in [-0.25, -0.2) is 9.59 Å². The molecule has 0 aliphatic carbocycles. The van der Waals surface area contributed by atoms with E-state index in [0.29, 0.717) is 0 Å². The number of halogens is 2. The Balaban J connectivity index is 3.10. The van der Waals surface area contributed by atoms with Gasteiger partial charge in [-0.3, -0.25) is 4.79 Å². The Morgan fingerprint density at radius 3 is 2.26 bits per heavy atom. The summed E-state index contributed by atoms with van der Waals surface area (Å²) in [6.45, 7) is 0. The minimum absolute atomic E-state index is 0.0798. The van der Waals surface area contributed by atoms with E-state index < -0.39 is 45.8 Å². The summed E-state index contributed by atoms with van der Waals surface area (Å²) >= 11 is 8.87. The smallest absolute Gasteiger partial charge is 0.342 e. The van der Waals surface area contributed by atoms with Crippen LogP contribution in [0.3, 0.4) is 0 Å². The molecule has 0 atom stereocenters. The van der Waals surface area contributed by atoms with E-state index in [9.17, 15) is 29.7 Å². The standard InChI is InChI=1S/C13H8BrClN2O6/c14-5-2-3(15)1-4(9(5)18)6-7(12(20)21)10(16)17-11(19)8(6)13(22)23/h1-2,18H,(H,20,21)(H,22,23)(H3,16,17,19). The number of H-pyrrole nitrogens is 1. The van der Waals surface area contributed by atoms with E-state index in [1.807, 2.05) is 4.98 Å². The molecule has 2 rings (SSSR count). The summed E-state index contributed by atoms with van der Waals surface area (Å²) in [5.41, 5.74) is 2.07. The third kappa shape index (κ3) is 2.88. The maximum atomic E-state index is 11.9. The third-order valence-electron chi connectivity index (χ3n) is 2.97. The fourth-order valence-electron chi connectivity index (χ4n) is 2.07. The van der Waals surface area contributed by atoms with Gasteiger partial charge in [0, 0.05) is 16.1 Å². The molecule has 2 aromatic rings. The van der Waals surface area contributed by atoms with Crippen LogP contribution >= 0.6 is 27.5 Å². The van der Waals surface area contributed by atoms with E-state index in [2.05, 4.69) is 15.9 Å². The monoisotopic (exact) mass is 402 g/mol. The second-order valence-corrected chi connectivity index (χ2v) is 5.68. The van der Waals surface area contributed by atoms with Gasteiger partial charge in [0.25, 0.3) is 5.56 Å². The van der Waals surface area contributed by atoms with Crippen LogP contribution in [0, 0.1) is 0 Å². The Kier molecular flexibility index (Phi) is 4.35. The van der Waals surface area contributed by atoms with Gasteiger partial charge in [-0.15, -0.1) is 0 Å². The average Bonchev–Trinajstić information content (AvgIpc) is 2.40. The molecule has 0 saturated carbocycles. The zero-order valence-electron chi connectivity index (χ0n) is 11.1. The van der Waals surface area contributed by atoms with E-state index in [1.54, 1.807) is 0 Å². The number of benzene rings is 1. The number of carboxylic acid groups (broad SMARTS) is 2. The van der Waals surface area contributed by atoms with Crippen molar-refractivity contribution in [2.24, 2.45) is 0 Å². The second kappa shape index (κ2) is 5.94. The Labute approximate surface area is 141 Å². The number of aromatic nitrogens is 1. The quantitative estimate of drug-likeness (QED) is 0.526. The summed E-state index contributed by atoms with van der Waals surface area (Å²) in [4.78, 5) is 36.7. The Morgan fingerprint density at radius 2 is 1.74 bits per heavy atom. The predicted octanol–water partition coefficient (Wildman–Crippen LogP) is 2.14. The number of nitrogen functional groups attached to an aromatic ring is 1. The molecule has 0 unspecified atom stereocenters. The van der Waals surface area contributed by atoms with Crippen LogP contribution in [0.5, 0.6) is 5.75 Å². The molecule has 0 fully saturated rings. The lowest BCUT2D eigenvalue weighted by molar-refractivity contribution is 0.0695. The molecule has 8 nitrogen and oxygen atoms in total. The molecule has 23 heavy (non-hydrogen) atoms. The highest BCUT2D eigenvalue weighted by Crippen LogP contribution is 2.41. The number of pyridine rings is 1. The van der Waals surface area contributed by atoms with E-state index in [-0.39, 0.29) is 15.1 Å². The molecule has 0 bridgehead atoms. The number of hydrogen-bond donors (Lipinski definition) is 5. The van der Waals surface area contributed by atoms with Crippen LogP contribution in [0.25, 0.3) is 11.1 Å². The van der Waals surface area contributed by atoms with Crippen molar-refractivity contribution in [1.82, 2.24) is 4.98 Å². The van der Waals surface area contributed by atoms with Gasteiger partial charge in [-0.1, -0.05) is 11.6 Å². The number of aromatic hydroxyl groups is 1. The van der Waals surface area contributed by atoms with Crippen molar-refractivity contribution in [2.45, 2.75) is 0 Å². The molecular weight excluding hydrogens is 396 g/mol. The lowest BCUT2D eigenvalue weighted by Crippen LogP contribution is -2.24. The summed E-state index contributed by atoms with van der Waals surface area (Å²) in [7, 11) is 0. The summed E-state index contributed by atoms with van der Waals surface area (Å²) in [5.74, 6) is -4.28. The van der Waals surface area contributed by atoms with Gasteiger partial charge in [0.1, 0.15) is 22.7 Å². The van der Waals surface area contributed by atoms with Crippen molar-refractivity contribution < 1.29 is 24.9 Å². The minimum Gasteiger partial charge on any atom is -0.506 e. The van der Waals surface area contributed by atoms with Gasteiger partial charge in [0.15, 0.2) is 0 Å². The van der Waals surface area contributed by atoms with Crippen LogP contribution in [0.1, 0.15) is 20.7 Å². The summed E-state index contributed by atoms with van der Waals surface area (Å²) < 4.78 is 0.0894. The van der Waals surface area contributed by atoms with Gasteiger partial charge < -0.3 is 26.0 Å². The van der Waals surface area contributed by atoms with Crippen LogP contribution in [-0.2, 0) is 0 Å². The highest BCUT2D eigenvalue weighted by atomic mass is 79.9. The maximum absolute atomic E-state index is 11.9. The normalized spacial score (nSPS) is 10.5. The minimum atomic E-state index is -1.68. The number of carbonyl (C=O) groups is 2. The van der Waals surface area contributed by atoms with Gasteiger partial charge in [0.2, 0.25) is 0 Å². The van der Waals surface area contributed by atoms with E-state index in [0.717, 1.165) is 6.07 Å². The van der Waals surface area contributed by atoms with Crippen molar-refractivity contribution >= 4 is 45.3 Å². The lowest BCUT2D eigenvalue weighted by Gasteiger charge is -2.14. The second-order valence-electron chi connectivity index (χ2n) is 4.39. The molecule has 120 valence electrons. The number of phenolic OH excluding ortho intramolecular Hbond substituents is 1. The molecule has 1 heterocycles. The van der Waals surface area contributed by atoms with Crippen molar-refractivity contribution in [3.63, 3.8) is 0 Å². The maximum Gasteiger partial charge on any atom is 0.342 e. The Bertz CT molecular complexity index is 908. The topological polar surface area (TPSA) is 154 Å². The lowest BCUT2D eigenvalue weighted by atomic mass is 9.95. The summed E-state index contributed by atoms with van der Waals surface area (Å²) in [5, 5.41) is 28.8. The average molecular weight is 404 g/mol. The number of carboxylic acids is 2. The molecule has 0 aliphatic rings. The highest BCUT2D eigenvalue weighted by Gasteiger charge is 2.28. The Morgan fingerprint density at radius 1 is 1.17 bits per heavy atom. The van der Waals surface area contributed by atoms with Gasteiger partial charge in [-0.2, -0.15) is 0 Å². The molecule has 0 saturated heterocycles. The van der Waals surface area contributed by atoms with E-state index >= 15 is 0 Å². The SMILES string of the molecule is Nc1[nH]c(=O)c(C(=O)O)c(-c2cc(Cl)cc(Br)c2O)c1C(=O)O. The van der Waals surface area contributed by atoms with Crippen molar-refractivity contribution in [3.05, 3.63) is 43.1 Å². The largest absolute Gasteiger partial charge is 0.506 e. The molecule has 10 heteroatoms. The van der Waals surface area contributed by atoms with Crippen LogP contribution in [0.2, 0.25) is 5.02 Å². The number of rotatable bonds is 3. The number of nitrogens with one attached hydrogen (secondary N) is 1. The number of aromatic amines is 1. The van der Waals surface area contributed by atoms with Gasteiger partial charge in [0.05, 0.1) is 4.47 Å². The first kappa shape index (κ1) is 16.8. The number of nitrogens with two attached hydrogens (primary N) is 1. The van der Waals surface area contributed by atoms with Crippen LogP contribution in [0.4, 0.5) is 5.82 Å². The summed E-state index contributed by atoms with van der Waals surface area (Å²) in [6.07, 6.45) is 0. The molecule has 0 radical (unpaired) electrons. The number of hydrogen-bond acceptors (Lipinski definition) is 5. The fraction of sp³-hybridized carbons (Fsp3) is 0. The van der Waals surface area contributed by atoms with Crippen molar-refractivity contribution in [1.29, 1.82) is 0 Å². The fourth-order valence-corrected chi connectivity index (χ4v) is 2.88. The summed E-state index contributed by atoms with van der Waals surface area (Å²) in [6, 6.07) is 2.45. The molecule has 0 amide bonds. The van der Waals surface area contributed by atoms with E-state index in [1.165, 1.54) is 6.07 Å². The van der Waals surface area contributed by atoms with Crippen LogP contribution < -0.4 is 11.3 Å². The molecular formula is C13H8BrClN2O6. The number of aromatic carboxylic acids is 2. The Hall–Kier alpha value is -2.52. The predicted molar refractivity (Wildman–Crippen MR) is 85.2 cm³/mol. The van der Waals surface area contributed by atoms with Crippen LogP contribution in [0.15, 0.2) is 21.4 Å². The number of phenols is 1. The molecule has 6 N–H and O–H groups in total. The van der Waals surface area contributed by atoms with Crippen molar-refractivity contribution in [3.8, 4) is 16.9 Å². The zero-order valence-corrected chi connectivity index (χ0v) is 13.4. The highest BCUT2D eigenvalue weighted by molar-refractivity contribution is 9.10. The first-order valence-corrected chi connectivity index (χ1v) is 7.03. The zero-order chi connectivity index (χ0) is 17.5. The molecule has 0 spiro atoms. The molecule has 0 aliphatic heterocycles. The third-order valence-corrected chi connectivity index (χ3v) is 3.79. The first-order valence-electron chi connectivity index (χ1n) is 5.85. The van der Waals surface area contributed by atoms with Gasteiger partial charge >= 0.3 is 11.9 Å².